The number of hydrogen-bond donors (Lipinski definition) is 7. The molecule has 1 aliphatic heterocycles. The Hall–Kier alpha value is -0.360. The summed E-state index contributed by atoms with van der Waals surface area (Å²) in [5.74, 6) is 0. The molecule has 0 aromatic rings. The molecular formula is C12H25NO8. The van der Waals surface area contributed by atoms with E-state index in [0.717, 1.165) is 0 Å². The highest BCUT2D eigenvalue weighted by Crippen LogP contribution is 2.22. The Bertz CT molecular complexity index is 305. The molecule has 0 bridgehead atoms. The second-order valence-electron chi connectivity index (χ2n) is 5.16. The molecule has 1 saturated heterocycles. The van der Waals surface area contributed by atoms with E-state index in [1.54, 1.807) is 6.92 Å². The van der Waals surface area contributed by atoms with Gasteiger partial charge in [-0.05, 0) is 6.42 Å². The van der Waals surface area contributed by atoms with E-state index in [0.29, 0.717) is 6.42 Å². The third kappa shape index (κ3) is 4.55. The lowest BCUT2D eigenvalue weighted by molar-refractivity contribution is -0.302. The second-order valence-corrected chi connectivity index (χ2v) is 5.16. The lowest BCUT2D eigenvalue weighted by atomic mass is 9.99. The van der Waals surface area contributed by atoms with Gasteiger partial charge in [0, 0.05) is 0 Å². The highest BCUT2D eigenvalue weighted by Gasteiger charge is 2.44. The molecule has 0 unspecified atom stereocenters. The highest BCUT2D eigenvalue weighted by atomic mass is 16.7. The molecule has 0 radical (unpaired) electrons. The Morgan fingerprint density at radius 2 is 1.76 bits per heavy atom. The zero-order valence-corrected chi connectivity index (χ0v) is 11.8. The van der Waals surface area contributed by atoms with E-state index in [9.17, 15) is 25.5 Å². The number of rotatable bonds is 7. The normalized spacial score (nSPS) is 38.0. The van der Waals surface area contributed by atoms with Crippen LogP contribution in [0.2, 0.25) is 0 Å². The molecule has 0 aliphatic carbocycles. The van der Waals surface area contributed by atoms with Crippen LogP contribution >= 0.6 is 0 Å². The zero-order valence-electron chi connectivity index (χ0n) is 11.8. The summed E-state index contributed by atoms with van der Waals surface area (Å²) in [4.78, 5) is 0. The second kappa shape index (κ2) is 8.32. The number of aliphatic hydroxyl groups is 6. The first-order valence-electron chi connectivity index (χ1n) is 6.87. The summed E-state index contributed by atoms with van der Waals surface area (Å²) >= 11 is 0. The summed E-state index contributed by atoms with van der Waals surface area (Å²) in [5.41, 5.74) is 5.65. The highest BCUT2D eigenvalue weighted by molar-refractivity contribution is 4.89. The van der Waals surface area contributed by atoms with Crippen LogP contribution in [-0.4, -0.2) is 92.8 Å². The Morgan fingerprint density at radius 1 is 1.14 bits per heavy atom. The van der Waals surface area contributed by atoms with Crippen LogP contribution in [0.5, 0.6) is 0 Å². The van der Waals surface area contributed by atoms with Gasteiger partial charge < -0.3 is 45.8 Å². The summed E-state index contributed by atoms with van der Waals surface area (Å²) in [6, 6.07) is -0.924. The van der Waals surface area contributed by atoms with Crippen molar-refractivity contribution in [2.45, 2.75) is 62.3 Å². The molecule has 0 spiro atoms. The maximum absolute atomic E-state index is 9.73. The predicted molar refractivity (Wildman–Crippen MR) is 70.0 cm³/mol. The maximum atomic E-state index is 9.73. The van der Waals surface area contributed by atoms with Crippen LogP contribution in [0.15, 0.2) is 0 Å². The molecule has 8 atom stereocenters. The minimum absolute atomic E-state index is 0.249. The number of aliphatic hydroxyl groups excluding tert-OH is 6. The average molecular weight is 311 g/mol. The molecule has 8 N–H and O–H groups in total. The van der Waals surface area contributed by atoms with Crippen LogP contribution < -0.4 is 5.73 Å². The molecule has 1 rings (SSSR count). The molecule has 0 aromatic carbocycles. The van der Waals surface area contributed by atoms with Gasteiger partial charge in [-0.3, -0.25) is 0 Å². The van der Waals surface area contributed by atoms with Gasteiger partial charge in [0.15, 0.2) is 6.29 Å². The first kappa shape index (κ1) is 18.7. The lowest BCUT2D eigenvalue weighted by Gasteiger charge is -2.40. The third-order valence-electron chi connectivity index (χ3n) is 3.55. The van der Waals surface area contributed by atoms with Crippen LogP contribution in [0, 0.1) is 0 Å². The van der Waals surface area contributed by atoms with Gasteiger partial charge in [0.25, 0.3) is 0 Å². The predicted octanol–water partition coefficient (Wildman–Crippen LogP) is -3.74. The Balaban J connectivity index is 2.53. The Labute approximate surface area is 122 Å². The van der Waals surface area contributed by atoms with Gasteiger partial charge in [-0.1, -0.05) is 6.92 Å². The van der Waals surface area contributed by atoms with Crippen LogP contribution in [0.25, 0.3) is 0 Å². The van der Waals surface area contributed by atoms with Gasteiger partial charge >= 0.3 is 0 Å². The molecule has 0 saturated carbocycles. The van der Waals surface area contributed by atoms with E-state index in [1.165, 1.54) is 0 Å². The van der Waals surface area contributed by atoms with E-state index in [4.69, 9.17) is 20.3 Å². The quantitative estimate of drug-likeness (QED) is 0.250. The van der Waals surface area contributed by atoms with Crippen LogP contribution in [0.1, 0.15) is 13.3 Å². The van der Waals surface area contributed by atoms with E-state index in [1.807, 2.05) is 0 Å². The van der Waals surface area contributed by atoms with Gasteiger partial charge in [0.1, 0.15) is 24.4 Å². The summed E-state index contributed by atoms with van der Waals surface area (Å²) in [6.45, 7) is 0.869. The summed E-state index contributed by atoms with van der Waals surface area (Å²) in [6.07, 6.45) is -8.81. The van der Waals surface area contributed by atoms with Gasteiger partial charge in [-0.25, -0.2) is 0 Å². The Morgan fingerprint density at radius 3 is 2.29 bits per heavy atom. The summed E-state index contributed by atoms with van der Waals surface area (Å²) < 4.78 is 10.3. The fraction of sp³-hybridized carbons (Fsp3) is 1.00. The molecule has 9 nitrogen and oxygen atoms in total. The van der Waals surface area contributed by atoms with E-state index in [2.05, 4.69) is 0 Å². The van der Waals surface area contributed by atoms with Crippen LogP contribution in [0.3, 0.4) is 0 Å². The average Bonchev–Trinajstić information content (AvgIpc) is 2.50. The van der Waals surface area contributed by atoms with Crippen molar-refractivity contribution in [3.63, 3.8) is 0 Å². The maximum Gasteiger partial charge on any atom is 0.186 e. The first-order chi connectivity index (χ1) is 9.83. The number of ether oxygens (including phenoxy) is 2. The fourth-order valence-corrected chi connectivity index (χ4v) is 2.04. The largest absolute Gasteiger partial charge is 0.394 e. The van der Waals surface area contributed by atoms with Crippen LogP contribution in [-0.2, 0) is 9.47 Å². The minimum atomic E-state index is -1.54. The zero-order chi connectivity index (χ0) is 16.2. The molecular weight excluding hydrogens is 286 g/mol. The van der Waals surface area contributed by atoms with E-state index in [-0.39, 0.29) is 6.61 Å². The SMILES string of the molecule is CC[C@@H](O)[C@@H](O)[C@@H](N)CO[C@H]1O[C@H](CO)[C@H](O)[C@H](O)[C@H]1O. The monoisotopic (exact) mass is 311 g/mol. The van der Waals surface area contributed by atoms with Crippen molar-refractivity contribution in [2.24, 2.45) is 5.73 Å². The van der Waals surface area contributed by atoms with Crippen molar-refractivity contribution in [1.29, 1.82) is 0 Å². The minimum Gasteiger partial charge on any atom is -0.394 e. The molecule has 126 valence electrons. The molecule has 1 aliphatic rings. The Kier molecular flexibility index (Phi) is 7.40. The van der Waals surface area contributed by atoms with Crippen molar-refractivity contribution < 1.29 is 40.1 Å². The molecule has 0 amide bonds. The van der Waals surface area contributed by atoms with Crippen molar-refractivity contribution >= 4 is 0 Å². The van der Waals surface area contributed by atoms with E-state index >= 15 is 0 Å². The molecule has 1 fully saturated rings. The number of hydrogen-bond acceptors (Lipinski definition) is 9. The van der Waals surface area contributed by atoms with Crippen molar-refractivity contribution in [3.8, 4) is 0 Å². The summed E-state index contributed by atoms with van der Waals surface area (Å²) in [5, 5.41) is 57.1. The van der Waals surface area contributed by atoms with Crippen molar-refractivity contribution in [3.05, 3.63) is 0 Å². The molecule has 9 heteroatoms. The van der Waals surface area contributed by atoms with Crippen molar-refractivity contribution in [1.82, 2.24) is 0 Å². The smallest absolute Gasteiger partial charge is 0.186 e. The van der Waals surface area contributed by atoms with Gasteiger partial charge in [0.2, 0.25) is 0 Å². The van der Waals surface area contributed by atoms with Gasteiger partial charge in [0.05, 0.1) is 31.5 Å². The van der Waals surface area contributed by atoms with E-state index < -0.39 is 55.6 Å². The molecule has 21 heavy (non-hydrogen) atoms. The number of nitrogens with two attached hydrogens (primary N) is 1. The first-order valence-corrected chi connectivity index (χ1v) is 6.87. The molecule has 1 heterocycles. The lowest BCUT2D eigenvalue weighted by Crippen LogP contribution is -2.60. The fourth-order valence-electron chi connectivity index (χ4n) is 2.04. The van der Waals surface area contributed by atoms with Crippen molar-refractivity contribution in [2.75, 3.05) is 13.2 Å². The topological polar surface area (TPSA) is 166 Å². The van der Waals surface area contributed by atoms with Gasteiger partial charge in [-0.2, -0.15) is 0 Å². The standard InChI is InChI=1S/C12H25NO8/c1-2-6(15)8(16)5(13)4-20-12-11(19)10(18)9(17)7(3-14)21-12/h5-12,14-19H,2-4,13H2,1H3/t5-,6+,7+,8-,9-,10-,11+,12-/m0/s1. The molecule has 0 aromatic heterocycles. The third-order valence-corrected chi connectivity index (χ3v) is 3.55. The van der Waals surface area contributed by atoms with Crippen LogP contribution in [0.4, 0.5) is 0 Å². The van der Waals surface area contributed by atoms with Gasteiger partial charge in [-0.15, -0.1) is 0 Å². The summed E-state index contributed by atoms with van der Waals surface area (Å²) in [7, 11) is 0.